The van der Waals surface area contributed by atoms with Crippen LogP contribution in [-0.4, -0.2) is 63.5 Å². The van der Waals surface area contributed by atoms with Gasteiger partial charge in [0.15, 0.2) is 0 Å². The number of likely N-dealkylation sites (N-methyl/N-ethyl adjacent to an activating group) is 1. The largest absolute Gasteiger partial charge is 0.480 e. The molecular weight excluding hydrogens is 264 g/mol. The summed E-state index contributed by atoms with van der Waals surface area (Å²) in [6.07, 6.45) is 2.41. The van der Waals surface area contributed by atoms with Crippen LogP contribution in [0.1, 0.15) is 25.7 Å². The number of carboxylic acids is 1. The summed E-state index contributed by atoms with van der Waals surface area (Å²) in [6, 6.07) is -0.514. The van der Waals surface area contributed by atoms with E-state index in [1.807, 2.05) is 0 Å². The van der Waals surface area contributed by atoms with Crippen molar-refractivity contribution in [1.29, 1.82) is 0 Å². The van der Waals surface area contributed by atoms with Crippen LogP contribution in [0, 0.1) is 0 Å². The fraction of sp³-hybridized carbons (Fsp3) is 0.846. The van der Waals surface area contributed by atoms with Crippen molar-refractivity contribution >= 4 is 11.9 Å². The number of nitrogens with one attached hydrogen (secondary N) is 2. The number of methoxy groups -OCH3 is 1. The molecule has 0 aromatic rings. The number of hydrogen-bond donors (Lipinski definition) is 3. The maximum absolute atomic E-state index is 11.4. The predicted octanol–water partition coefficient (Wildman–Crippen LogP) is -0.00140. The number of carbonyl (C=O) groups excluding carboxylic acids is 1. The average molecular weight is 290 g/mol. The van der Waals surface area contributed by atoms with E-state index in [0.29, 0.717) is 39.2 Å². The first kappa shape index (κ1) is 18.8. The van der Waals surface area contributed by atoms with Crippen LogP contribution >= 0.6 is 0 Å². The summed E-state index contributed by atoms with van der Waals surface area (Å²) in [4.78, 5) is 22.1. The van der Waals surface area contributed by atoms with Crippen molar-refractivity contribution in [2.75, 3.05) is 40.5 Å². The monoisotopic (exact) mass is 290 g/mol. The number of unbranched alkanes of at least 4 members (excludes halogenated alkanes) is 1. The minimum Gasteiger partial charge on any atom is -0.480 e. The smallest absolute Gasteiger partial charge is 0.320 e. The lowest BCUT2D eigenvalue weighted by Crippen LogP contribution is -2.34. The zero-order valence-corrected chi connectivity index (χ0v) is 12.3. The Bertz CT molecular complexity index is 273. The highest BCUT2D eigenvalue weighted by Gasteiger charge is 2.13. The van der Waals surface area contributed by atoms with E-state index in [2.05, 4.69) is 10.6 Å². The molecule has 0 rings (SSSR count). The Labute approximate surface area is 120 Å². The van der Waals surface area contributed by atoms with Crippen molar-refractivity contribution in [3.63, 3.8) is 0 Å². The van der Waals surface area contributed by atoms with Crippen LogP contribution in [0.2, 0.25) is 0 Å². The van der Waals surface area contributed by atoms with Crippen LogP contribution in [0.4, 0.5) is 0 Å². The number of aliphatic carboxylic acids is 1. The molecule has 0 aromatic heterocycles. The van der Waals surface area contributed by atoms with E-state index < -0.39 is 12.0 Å². The van der Waals surface area contributed by atoms with Gasteiger partial charge in [0.05, 0.1) is 19.8 Å². The third-order valence-corrected chi connectivity index (χ3v) is 2.79. The molecule has 0 saturated carbocycles. The molecule has 0 fully saturated rings. The fourth-order valence-electron chi connectivity index (χ4n) is 1.59. The Morgan fingerprint density at radius 2 is 1.95 bits per heavy atom. The maximum Gasteiger partial charge on any atom is 0.320 e. The summed E-state index contributed by atoms with van der Waals surface area (Å²) >= 11 is 0. The zero-order valence-electron chi connectivity index (χ0n) is 12.3. The number of carboxylic acid groups (broad SMARTS) is 1. The van der Waals surface area contributed by atoms with E-state index in [9.17, 15) is 9.59 Å². The highest BCUT2D eigenvalue weighted by atomic mass is 16.5. The Morgan fingerprint density at radius 3 is 2.55 bits per heavy atom. The first-order valence-electron chi connectivity index (χ1n) is 6.85. The molecule has 7 nitrogen and oxygen atoms in total. The standard InChI is InChI=1S/C13H26N2O5/c1-14-11(13(17)18)5-3-4-7-15-12(16)6-8-20-10-9-19-2/h11,14H,3-10H2,1-2H3,(H,15,16)(H,17,18)/t11-/m0/s1. The first-order valence-corrected chi connectivity index (χ1v) is 6.85. The van der Waals surface area contributed by atoms with Gasteiger partial charge in [-0.3, -0.25) is 9.59 Å². The van der Waals surface area contributed by atoms with E-state index >= 15 is 0 Å². The van der Waals surface area contributed by atoms with Crippen LogP contribution < -0.4 is 10.6 Å². The molecule has 7 heteroatoms. The number of amides is 1. The predicted molar refractivity (Wildman–Crippen MR) is 74.7 cm³/mol. The molecule has 0 bridgehead atoms. The molecule has 0 aliphatic heterocycles. The molecule has 0 spiro atoms. The Balaban J connectivity index is 3.41. The second-order valence-corrected chi connectivity index (χ2v) is 4.38. The molecule has 0 radical (unpaired) electrons. The van der Waals surface area contributed by atoms with Crippen molar-refractivity contribution in [3.8, 4) is 0 Å². The van der Waals surface area contributed by atoms with Crippen LogP contribution in [0.25, 0.3) is 0 Å². The summed E-state index contributed by atoms with van der Waals surface area (Å²) in [5.74, 6) is -0.893. The van der Waals surface area contributed by atoms with Crippen LogP contribution in [-0.2, 0) is 19.1 Å². The number of ether oxygens (including phenoxy) is 2. The van der Waals surface area contributed by atoms with E-state index in [4.69, 9.17) is 14.6 Å². The minimum atomic E-state index is -0.843. The molecule has 0 unspecified atom stereocenters. The summed E-state index contributed by atoms with van der Waals surface area (Å²) < 4.78 is 10.00. The second kappa shape index (κ2) is 12.8. The molecule has 3 N–H and O–H groups in total. The molecule has 0 aliphatic rings. The molecular formula is C13H26N2O5. The van der Waals surface area contributed by atoms with Crippen molar-refractivity contribution in [2.45, 2.75) is 31.7 Å². The van der Waals surface area contributed by atoms with E-state index in [-0.39, 0.29) is 5.91 Å². The topological polar surface area (TPSA) is 96.9 Å². The SMILES string of the molecule is CN[C@@H](CCCCNC(=O)CCOCCOC)C(=O)O. The van der Waals surface area contributed by atoms with Gasteiger partial charge < -0.3 is 25.2 Å². The summed E-state index contributed by atoms with van der Waals surface area (Å²) in [7, 11) is 3.23. The Hall–Kier alpha value is -1.18. The van der Waals surface area contributed by atoms with Gasteiger partial charge in [-0.25, -0.2) is 0 Å². The normalized spacial score (nSPS) is 12.1. The van der Waals surface area contributed by atoms with Gasteiger partial charge in [0.1, 0.15) is 6.04 Å². The van der Waals surface area contributed by atoms with Crippen LogP contribution in [0.15, 0.2) is 0 Å². The van der Waals surface area contributed by atoms with Gasteiger partial charge >= 0.3 is 5.97 Å². The van der Waals surface area contributed by atoms with Gasteiger partial charge in [0.25, 0.3) is 0 Å². The molecule has 20 heavy (non-hydrogen) atoms. The highest BCUT2D eigenvalue weighted by molar-refractivity contribution is 5.75. The lowest BCUT2D eigenvalue weighted by Gasteiger charge is -2.10. The lowest BCUT2D eigenvalue weighted by atomic mass is 10.1. The zero-order chi connectivity index (χ0) is 15.2. The van der Waals surface area contributed by atoms with E-state index in [1.54, 1.807) is 14.2 Å². The lowest BCUT2D eigenvalue weighted by molar-refractivity contribution is -0.139. The van der Waals surface area contributed by atoms with Gasteiger partial charge in [-0.05, 0) is 26.3 Å². The Kier molecular flexibility index (Phi) is 12.1. The van der Waals surface area contributed by atoms with Crippen molar-refractivity contribution in [2.24, 2.45) is 0 Å². The van der Waals surface area contributed by atoms with Crippen molar-refractivity contribution < 1.29 is 24.2 Å². The quantitative estimate of drug-likeness (QED) is 0.413. The molecule has 118 valence electrons. The van der Waals surface area contributed by atoms with Gasteiger partial charge in [-0.15, -0.1) is 0 Å². The maximum atomic E-state index is 11.4. The minimum absolute atomic E-state index is 0.0502. The molecule has 0 aliphatic carbocycles. The molecule has 0 saturated heterocycles. The van der Waals surface area contributed by atoms with Gasteiger partial charge in [0.2, 0.25) is 5.91 Å². The summed E-state index contributed by atoms with van der Waals surface area (Å²) in [5, 5.41) is 14.3. The molecule has 0 heterocycles. The third kappa shape index (κ3) is 10.7. The summed E-state index contributed by atoms with van der Waals surface area (Å²) in [5.41, 5.74) is 0. The highest BCUT2D eigenvalue weighted by Crippen LogP contribution is 2.00. The van der Waals surface area contributed by atoms with Gasteiger partial charge in [-0.1, -0.05) is 0 Å². The van der Waals surface area contributed by atoms with E-state index in [1.165, 1.54) is 0 Å². The number of carbonyl (C=O) groups is 2. The molecule has 1 amide bonds. The first-order chi connectivity index (χ1) is 9.61. The van der Waals surface area contributed by atoms with Crippen molar-refractivity contribution in [3.05, 3.63) is 0 Å². The molecule has 0 aromatic carbocycles. The second-order valence-electron chi connectivity index (χ2n) is 4.38. The third-order valence-electron chi connectivity index (χ3n) is 2.79. The average Bonchev–Trinajstić information content (AvgIpc) is 2.42. The van der Waals surface area contributed by atoms with Crippen LogP contribution in [0.3, 0.4) is 0 Å². The van der Waals surface area contributed by atoms with Crippen molar-refractivity contribution in [1.82, 2.24) is 10.6 Å². The van der Waals surface area contributed by atoms with E-state index in [0.717, 1.165) is 12.8 Å². The number of rotatable bonds is 13. The number of hydrogen-bond acceptors (Lipinski definition) is 5. The summed E-state index contributed by atoms with van der Waals surface area (Å²) in [6.45, 7) is 1.96. The van der Waals surface area contributed by atoms with Gasteiger partial charge in [0, 0.05) is 20.1 Å². The van der Waals surface area contributed by atoms with Gasteiger partial charge in [-0.2, -0.15) is 0 Å². The Morgan fingerprint density at radius 1 is 1.20 bits per heavy atom. The molecule has 1 atom stereocenters. The fourth-order valence-corrected chi connectivity index (χ4v) is 1.59. The van der Waals surface area contributed by atoms with Crippen LogP contribution in [0.5, 0.6) is 0 Å².